The van der Waals surface area contributed by atoms with Crippen LogP contribution in [0.1, 0.15) is 35.3 Å². The first kappa shape index (κ1) is 21.1. The molecule has 0 fully saturated rings. The van der Waals surface area contributed by atoms with Crippen molar-refractivity contribution in [3.8, 4) is 17.2 Å². The van der Waals surface area contributed by atoms with Gasteiger partial charge in [0.2, 0.25) is 5.91 Å². The molecule has 2 aromatic carbocycles. The Bertz CT molecular complexity index is 849. The van der Waals surface area contributed by atoms with Crippen molar-refractivity contribution in [1.82, 2.24) is 10.9 Å². The van der Waals surface area contributed by atoms with Crippen LogP contribution in [0.3, 0.4) is 0 Å². The molecule has 2 aromatic rings. The first-order valence-electron chi connectivity index (χ1n) is 8.91. The predicted molar refractivity (Wildman–Crippen MR) is 106 cm³/mol. The molecule has 2 amide bonds. The van der Waals surface area contributed by atoms with Crippen molar-refractivity contribution in [2.24, 2.45) is 0 Å². The van der Waals surface area contributed by atoms with Gasteiger partial charge >= 0.3 is 0 Å². The van der Waals surface area contributed by atoms with Gasteiger partial charge in [0, 0.05) is 11.1 Å². The first-order valence-corrected chi connectivity index (χ1v) is 8.91. The summed E-state index contributed by atoms with van der Waals surface area (Å²) in [6, 6.07) is 10.4. The monoisotopic (exact) mass is 386 g/mol. The van der Waals surface area contributed by atoms with E-state index in [-0.39, 0.29) is 18.4 Å². The van der Waals surface area contributed by atoms with E-state index in [4.69, 9.17) is 14.2 Å². The zero-order chi connectivity index (χ0) is 20.7. The lowest BCUT2D eigenvalue weighted by molar-refractivity contribution is -0.121. The maximum absolute atomic E-state index is 12.3. The second kappa shape index (κ2) is 9.64. The quantitative estimate of drug-likeness (QED) is 0.715. The largest absolute Gasteiger partial charge is 0.496 e. The number of rotatable bonds is 7. The molecule has 0 saturated heterocycles. The lowest BCUT2D eigenvalue weighted by Crippen LogP contribution is -2.42. The standard InChI is InChI=1S/C21H26N2O5/c1-13(2)28-18-9-7-15(11-19(18)27-5)21(25)23-22-20(24)12-16-10-14(3)6-8-17(16)26-4/h6-11,13H,12H2,1-5H3,(H,22,24)(H,23,25). The van der Waals surface area contributed by atoms with Crippen molar-refractivity contribution in [2.45, 2.75) is 33.3 Å². The van der Waals surface area contributed by atoms with Crippen molar-refractivity contribution >= 4 is 11.8 Å². The van der Waals surface area contributed by atoms with Gasteiger partial charge in [-0.15, -0.1) is 0 Å². The highest BCUT2D eigenvalue weighted by molar-refractivity contribution is 5.96. The molecule has 0 atom stereocenters. The number of amides is 2. The molecule has 0 aromatic heterocycles. The lowest BCUT2D eigenvalue weighted by Gasteiger charge is -2.15. The van der Waals surface area contributed by atoms with Gasteiger partial charge < -0.3 is 14.2 Å². The number of hydrazine groups is 1. The number of aryl methyl sites for hydroxylation is 1. The minimum Gasteiger partial charge on any atom is -0.496 e. The SMILES string of the molecule is COc1ccc(C)cc1CC(=O)NNC(=O)c1ccc(OC(C)C)c(OC)c1. The van der Waals surface area contributed by atoms with Crippen LogP contribution < -0.4 is 25.1 Å². The Morgan fingerprint density at radius 2 is 1.61 bits per heavy atom. The van der Waals surface area contributed by atoms with E-state index in [2.05, 4.69) is 10.9 Å². The number of benzene rings is 2. The Balaban J connectivity index is 2.00. The fraction of sp³-hybridized carbons (Fsp3) is 0.333. The van der Waals surface area contributed by atoms with Crippen molar-refractivity contribution in [2.75, 3.05) is 14.2 Å². The van der Waals surface area contributed by atoms with Crippen molar-refractivity contribution in [1.29, 1.82) is 0 Å². The van der Waals surface area contributed by atoms with E-state index in [9.17, 15) is 9.59 Å². The van der Waals surface area contributed by atoms with Crippen LogP contribution in [-0.4, -0.2) is 32.1 Å². The van der Waals surface area contributed by atoms with Crippen LogP contribution in [0.4, 0.5) is 0 Å². The van der Waals surface area contributed by atoms with Gasteiger partial charge in [0.05, 0.1) is 26.7 Å². The van der Waals surface area contributed by atoms with Crippen LogP contribution in [-0.2, 0) is 11.2 Å². The Kier molecular flexibility index (Phi) is 7.26. The molecule has 0 radical (unpaired) electrons. The summed E-state index contributed by atoms with van der Waals surface area (Å²) in [6.45, 7) is 5.74. The highest BCUT2D eigenvalue weighted by Gasteiger charge is 2.14. The lowest BCUT2D eigenvalue weighted by atomic mass is 10.1. The summed E-state index contributed by atoms with van der Waals surface area (Å²) >= 11 is 0. The molecule has 0 aliphatic carbocycles. The zero-order valence-electron chi connectivity index (χ0n) is 16.8. The van der Waals surface area contributed by atoms with E-state index in [0.29, 0.717) is 22.8 Å². The molecule has 2 rings (SSSR count). The number of hydrogen-bond donors (Lipinski definition) is 2. The number of nitrogens with one attached hydrogen (secondary N) is 2. The number of carbonyl (C=O) groups is 2. The molecule has 2 N–H and O–H groups in total. The number of carbonyl (C=O) groups excluding carboxylic acids is 2. The molecule has 0 saturated carbocycles. The Morgan fingerprint density at radius 1 is 0.929 bits per heavy atom. The van der Waals surface area contributed by atoms with Crippen LogP contribution in [0.2, 0.25) is 0 Å². The van der Waals surface area contributed by atoms with E-state index in [1.54, 1.807) is 25.3 Å². The van der Waals surface area contributed by atoms with Gasteiger partial charge in [0.1, 0.15) is 5.75 Å². The first-order chi connectivity index (χ1) is 13.3. The molecule has 28 heavy (non-hydrogen) atoms. The van der Waals surface area contributed by atoms with Gasteiger partial charge in [0.25, 0.3) is 5.91 Å². The van der Waals surface area contributed by atoms with E-state index in [0.717, 1.165) is 11.1 Å². The minimum absolute atomic E-state index is 0.0218. The molecule has 7 heteroatoms. The molecular weight excluding hydrogens is 360 g/mol. The number of hydrogen-bond acceptors (Lipinski definition) is 5. The van der Waals surface area contributed by atoms with E-state index in [1.165, 1.54) is 7.11 Å². The van der Waals surface area contributed by atoms with Gasteiger partial charge in [-0.1, -0.05) is 17.7 Å². The van der Waals surface area contributed by atoms with Crippen LogP contribution in [0.15, 0.2) is 36.4 Å². The highest BCUT2D eigenvalue weighted by Crippen LogP contribution is 2.29. The Hall–Kier alpha value is -3.22. The van der Waals surface area contributed by atoms with Gasteiger partial charge in [0.15, 0.2) is 11.5 Å². The zero-order valence-corrected chi connectivity index (χ0v) is 16.8. The van der Waals surface area contributed by atoms with E-state index >= 15 is 0 Å². The topological polar surface area (TPSA) is 85.9 Å². The molecule has 150 valence electrons. The van der Waals surface area contributed by atoms with Crippen LogP contribution in [0, 0.1) is 6.92 Å². The van der Waals surface area contributed by atoms with Crippen LogP contribution >= 0.6 is 0 Å². The Morgan fingerprint density at radius 3 is 2.25 bits per heavy atom. The minimum atomic E-state index is -0.459. The number of ether oxygens (including phenoxy) is 3. The summed E-state index contributed by atoms with van der Waals surface area (Å²) in [5, 5.41) is 0. The van der Waals surface area contributed by atoms with Gasteiger partial charge in [-0.2, -0.15) is 0 Å². The number of methoxy groups -OCH3 is 2. The molecule has 0 heterocycles. The third-order valence-electron chi connectivity index (χ3n) is 3.89. The van der Waals surface area contributed by atoms with Crippen molar-refractivity contribution < 1.29 is 23.8 Å². The molecule has 0 bridgehead atoms. The van der Waals surface area contributed by atoms with Gasteiger partial charge in [-0.05, 0) is 45.0 Å². The van der Waals surface area contributed by atoms with E-state index < -0.39 is 5.91 Å². The van der Waals surface area contributed by atoms with E-state index in [1.807, 2.05) is 39.0 Å². The average molecular weight is 386 g/mol. The van der Waals surface area contributed by atoms with Crippen molar-refractivity contribution in [3.05, 3.63) is 53.1 Å². The normalized spacial score (nSPS) is 10.4. The van der Waals surface area contributed by atoms with Crippen LogP contribution in [0.5, 0.6) is 17.2 Å². The molecule has 0 unspecified atom stereocenters. The summed E-state index contributed by atoms with van der Waals surface area (Å²) in [7, 11) is 3.05. The molecular formula is C21H26N2O5. The summed E-state index contributed by atoms with van der Waals surface area (Å²) in [6.07, 6.45) is 0.0572. The predicted octanol–water partition coefficient (Wildman–Crippen LogP) is 2.80. The maximum Gasteiger partial charge on any atom is 0.269 e. The van der Waals surface area contributed by atoms with Crippen molar-refractivity contribution in [3.63, 3.8) is 0 Å². The fourth-order valence-corrected chi connectivity index (χ4v) is 2.62. The summed E-state index contributed by atoms with van der Waals surface area (Å²) in [5.74, 6) is 0.794. The average Bonchev–Trinajstić information content (AvgIpc) is 2.66. The molecule has 0 aliphatic heterocycles. The second-order valence-corrected chi connectivity index (χ2v) is 6.53. The molecule has 0 spiro atoms. The third-order valence-corrected chi connectivity index (χ3v) is 3.89. The maximum atomic E-state index is 12.3. The van der Waals surface area contributed by atoms with Crippen LogP contribution in [0.25, 0.3) is 0 Å². The summed E-state index contributed by atoms with van der Waals surface area (Å²) in [4.78, 5) is 24.5. The summed E-state index contributed by atoms with van der Waals surface area (Å²) in [5.41, 5.74) is 6.92. The Labute approximate surface area is 165 Å². The molecule has 7 nitrogen and oxygen atoms in total. The third kappa shape index (κ3) is 5.64. The highest BCUT2D eigenvalue weighted by atomic mass is 16.5. The molecule has 0 aliphatic rings. The second-order valence-electron chi connectivity index (χ2n) is 6.53. The van der Waals surface area contributed by atoms with Gasteiger partial charge in [-0.25, -0.2) is 0 Å². The fourth-order valence-electron chi connectivity index (χ4n) is 2.62. The smallest absolute Gasteiger partial charge is 0.269 e. The summed E-state index contributed by atoms with van der Waals surface area (Å²) < 4.78 is 16.2. The van der Waals surface area contributed by atoms with Gasteiger partial charge in [-0.3, -0.25) is 20.4 Å².